The van der Waals surface area contributed by atoms with Crippen molar-refractivity contribution >= 4 is 99.9 Å². The number of aryl methyl sites for hydroxylation is 3. The summed E-state index contributed by atoms with van der Waals surface area (Å²) in [6.07, 6.45) is 3.40. The molecule has 0 saturated heterocycles. The molecular weight excluding hydrogens is 735 g/mol. The van der Waals surface area contributed by atoms with Gasteiger partial charge in [0.1, 0.15) is 5.58 Å². The number of furan rings is 1. The van der Waals surface area contributed by atoms with Crippen molar-refractivity contribution in [2.75, 3.05) is 9.80 Å². The molecule has 1 aliphatic carbocycles. The summed E-state index contributed by atoms with van der Waals surface area (Å²) < 4.78 is 10.0. The lowest BCUT2D eigenvalue weighted by molar-refractivity contribution is 0.590. The van der Waals surface area contributed by atoms with Crippen molar-refractivity contribution in [3.8, 4) is 0 Å². The predicted octanol–water partition coefficient (Wildman–Crippen LogP) is 13.6. The highest BCUT2D eigenvalue weighted by molar-refractivity contribution is 7.33. The summed E-state index contributed by atoms with van der Waals surface area (Å²) in [6.45, 7) is 23.1. The van der Waals surface area contributed by atoms with E-state index in [1.165, 1.54) is 105 Å². The largest absolute Gasteiger partial charge is 0.454 e. The Kier molecular flexibility index (Phi) is 7.73. The van der Waals surface area contributed by atoms with Crippen LogP contribution in [-0.2, 0) is 29.1 Å². The second kappa shape index (κ2) is 12.4. The van der Waals surface area contributed by atoms with Crippen molar-refractivity contribution in [3.63, 3.8) is 0 Å². The summed E-state index contributed by atoms with van der Waals surface area (Å²) in [5, 5.41) is 3.75. The third kappa shape index (κ3) is 5.46. The van der Waals surface area contributed by atoms with E-state index in [1.54, 1.807) is 0 Å². The molecule has 0 amide bonds. The molecule has 294 valence electrons. The fraction of sp³-hybridized carbons (Fsp3) is 0.296. The Labute approximate surface area is 353 Å². The molecule has 0 radical (unpaired) electrons. The van der Waals surface area contributed by atoms with E-state index in [9.17, 15) is 0 Å². The lowest BCUT2D eigenvalue weighted by Crippen LogP contribution is -2.60. The van der Waals surface area contributed by atoms with Gasteiger partial charge < -0.3 is 14.2 Å². The highest BCUT2D eigenvalue weighted by Gasteiger charge is 2.46. The number of nitrogens with zero attached hydrogens (tertiary/aromatic N) is 2. The van der Waals surface area contributed by atoms with E-state index in [0.717, 1.165) is 29.7 Å². The van der Waals surface area contributed by atoms with Crippen LogP contribution in [0.3, 0.4) is 0 Å². The van der Waals surface area contributed by atoms with Crippen LogP contribution in [0.15, 0.2) is 108 Å². The van der Waals surface area contributed by atoms with E-state index < -0.39 is 0 Å². The van der Waals surface area contributed by atoms with Gasteiger partial charge in [0.25, 0.3) is 6.71 Å². The molecule has 11 rings (SSSR count). The van der Waals surface area contributed by atoms with Crippen LogP contribution in [0.4, 0.5) is 34.1 Å². The van der Waals surface area contributed by atoms with E-state index in [-0.39, 0.29) is 23.0 Å². The van der Waals surface area contributed by atoms with Crippen molar-refractivity contribution < 1.29 is 4.42 Å². The third-order valence-electron chi connectivity index (χ3n) is 13.5. The first-order chi connectivity index (χ1) is 28.1. The third-order valence-corrected chi connectivity index (χ3v) is 14.7. The number of hydrogen-bond donors (Lipinski definition) is 0. The van der Waals surface area contributed by atoms with Gasteiger partial charge in [-0.2, -0.15) is 0 Å². The summed E-state index contributed by atoms with van der Waals surface area (Å²) in [5.74, 6) is 0. The highest BCUT2D eigenvalue weighted by atomic mass is 32.1. The minimum atomic E-state index is 0.0199. The standard InChI is InChI=1S/C54H53BN2OS/c1-31-28-43-46-44(29-31)57(37-22-17-34(18-23-37)53(5,6)7)48-42(26-25-40-39-24-14-32-12-11-13-38(32)49(39)58-50(40)48)55(46)51-47(41-30-35(54(8,9)10)19-27-45(41)59-51)56(43)36-20-15-33(16-21-36)52(2,3)4/h14-30H,11-13H2,1-10H3. The maximum absolute atomic E-state index is 7.29. The Morgan fingerprint density at radius 3 is 1.73 bits per heavy atom. The fourth-order valence-electron chi connectivity index (χ4n) is 10.3. The normalized spacial score (nSPS) is 15.0. The van der Waals surface area contributed by atoms with Crippen LogP contribution >= 0.6 is 11.3 Å². The molecule has 0 saturated carbocycles. The zero-order chi connectivity index (χ0) is 40.9. The average molecular weight is 789 g/mol. The molecule has 8 aromatic rings. The van der Waals surface area contributed by atoms with Gasteiger partial charge in [0.05, 0.1) is 11.4 Å². The minimum Gasteiger partial charge on any atom is -0.454 e. The quantitative estimate of drug-likeness (QED) is 0.163. The van der Waals surface area contributed by atoms with Gasteiger partial charge in [0, 0.05) is 48.4 Å². The molecule has 2 aromatic heterocycles. The van der Waals surface area contributed by atoms with Crippen LogP contribution in [0.2, 0.25) is 0 Å². The van der Waals surface area contributed by atoms with Crippen LogP contribution in [-0.4, -0.2) is 6.71 Å². The second-order valence-electron chi connectivity index (χ2n) is 20.6. The van der Waals surface area contributed by atoms with Gasteiger partial charge in [-0.25, -0.2) is 0 Å². The lowest BCUT2D eigenvalue weighted by atomic mass is 9.36. The molecule has 4 heterocycles. The molecule has 59 heavy (non-hydrogen) atoms. The molecule has 2 aliphatic heterocycles. The van der Waals surface area contributed by atoms with Crippen LogP contribution in [0.25, 0.3) is 32.0 Å². The smallest absolute Gasteiger partial charge is 0.264 e. The van der Waals surface area contributed by atoms with Crippen LogP contribution in [0.1, 0.15) is 102 Å². The van der Waals surface area contributed by atoms with Crippen molar-refractivity contribution in [2.45, 2.75) is 105 Å². The van der Waals surface area contributed by atoms with Crippen molar-refractivity contribution in [1.29, 1.82) is 0 Å². The summed E-state index contributed by atoms with van der Waals surface area (Å²) >= 11 is 1.97. The molecule has 3 aliphatic rings. The molecule has 0 unspecified atom stereocenters. The highest BCUT2D eigenvalue weighted by Crippen LogP contribution is 2.51. The minimum absolute atomic E-state index is 0.0199. The summed E-state index contributed by atoms with van der Waals surface area (Å²) in [7, 11) is 0. The van der Waals surface area contributed by atoms with Crippen molar-refractivity contribution in [2.24, 2.45) is 0 Å². The van der Waals surface area contributed by atoms with E-state index in [2.05, 4.69) is 182 Å². The zero-order valence-corrected chi connectivity index (χ0v) is 37.0. The van der Waals surface area contributed by atoms with Gasteiger partial charge in [-0.15, -0.1) is 11.3 Å². The first kappa shape index (κ1) is 36.8. The molecule has 5 heteroatoms. The second-order valence-corrected chi connectivity index (χ2v) is 21.7. The number of fused-ring (bicyclic) bond motifs is 12. The molecular formula is C54H53BN2OS. The lowest BCUT2D eigenvalue weighted by Gasteiger charge is -2.43. The monoisotopic (exact) mass is 788 g/mol. The van der Waals surface area contributed by atoms with Crippen molar-refractivity contribution in [3.05, 3.63) is 137 Å². The van der Waals surface area contributed by atoms with Gasteiger partial charge >= 0.3 is 0 Å². The van der Waals surface area contributed by atoms with Crippen LogP contribution in [0.5, 0.6) is 0 Å². The molecule has 0 atom stereocenters. The molecule has 0 spiro atoms. The summed E-state index contributed by atoms with van der Waals surface area (Å²) in [5.41, 5.74) is 20.3. The van der Waals surface area contributed by atoms with Crippen molar-refractivity contribution in [1.82, 2.24) is 0 Å². The number of thiophene rings is 1. The molecule has 0 fully saturated rings. The maximum Gasteiger partial charge on any atom is 0.264 e. The first-order valence-electron chi connectivity index (χ1n) is 21.6. The van der Waals surface area contributed by atoms with Gasteiger partial charge in [-0.05, 0) is 135 Å². The molecule has 0 N–H and O–H groups in total. The summed E-state index contributed by atoms with van der Waals surface area (Å²) in [6, 6.07) is 40.3. The van der Waals surface area contributed by atoms with Gasteiger partial charge in [0.2, 0.25) is 0 Å². The van der Waals surface area contributed by atoms with Crippen LogP contribution in [0, 0.1) is 6.92 Å². The zero-order valence-electron chi connectivity index (χ0n) is 36.2. The number of rotatable bonds is 2. The Bertz CT molecular complexity index is 3040. The number of hydrogen-bond acceptors (Lipinski definition) is 4. The Morgan fingerprint density at radius 1 is 0.559 bits per heavy atom. The SMILES string of the molecule is Cc1cc2c3c(c1)N(c1ccc(C(C)(C)C)cc1)c1c(ccc4c1oc1c5c(ccc14)CCC5)B3c1sc3ccc(C(C)(C)C)cc3c1N2c1ccc(C(C)(C)C)cc1. The molecule has 3 nitrogen and oxygen atoms in total. The topological polar surface area (TPSA) is 19.6 Å². The Balaban J connectivity index is 1.26. The average Bonchev–Trinajstić information content (AvgIpc) is 3.92. The van der Waals surface area contributed by atoms with E-state index in [0.29, 0.717) is 0 Å². The Morgan fingerprint density at radius 2 is 1.12 bits per heavy atom. The van der Waals surface area contributed by atoms with E-state index in [1.807, 2.05) is 11.3 Å². The van der Waals surface area contributed by atoms with E-state index in [4.69, 9.17) is 4.42 Å². The first-order valence-corrected chi connectivity index (χ1v) is 22.4. The fourth-order valence-corrected chi connectivity index (χ4v) is 11.6. The number of benzene rings is 6. The van der Waals surface area contributed by atoms with Gasteiger partial charge in [0.15, 0.2) is 5.58 Å². The van der Waals surface area contributed by atoms with Gasteiger partial charge in [-0.3, -0.25) is 0 Å². The van der Waals surface area contributed by atoms with E-state index >= 15 is 0 Å². The van der Waals surface area contributed by atoms with Crippen LogP contribution < -0.4 is 25.5 Å². The Hall–Kier alpha value is -5.26. The summed E-state index contributed by atoms with van der Waals surface area (Å²) in [4.78, 5) is 5.15. The molecule has 0 bridgehead atoms. The maximum atomic E-state index is 7.29. The number of anilines is 6. The molecule has 6 aromatic carbocycles. The van der Waals surface area contributed by atoms with Gasteiger partial charge in [-0.1, -0.05) is 117 Å². The predicted molar refractivity (Wildman–Crippen MR) is 256 cm³/mol.